The van der Waals surface area contributed by atoms with E-state index in [1.165, 1.54) is 5.56 Å². The Morgan fingerprint density at radius 2 is 2.00 bits per heavy atom. The lowest BCUT2D eigenvalue weighted by Gasteiger charge is -2.18. The Morgan fingerprint density at radius 3 is 2.58 bits per heavy atom. The van der Waals surface area contributed by atoms with Crippen LogP contribution in [0.2, 0.25) is 0 Å². The van der Waals surface area contributed by atoms with Crippen LogP contribution in [0, 0.1) is 0 Å². The van der Waals surface area contributed by atoms with Crippen molar-refractivity contribution in [2.45, 2.75) is 25.8 Å². The maximum Gasteiger partial charge on any atom is 0.0643 e. The first-order valence-corrected chi connectivity index (χ1v) is 7.45. The first-order chi connectivity index (χ1) is 9.19. The van der Waals surface area contributed by atoms with Crippen molar-refractivity contribution in [2.75, 3.05) is 6.54 Å². The summed E-state index contributed by atoms with van der Waals surface area (Å²) in [6.45, 7) is 3.21. The fraction of sp³-hybridized carbons (Fsp3) is 0.400. The minimum Gasteiger partial charge on any atom is -0.310 e. The number of rotatable bonds is 6. The number of aromatic nitrogens is 2. The molecule has 0 fully saturated rings. The van der Waals surface area contributed by atoms with E-state index in [-0.39, 0.29) is 0 Å². The highest BCUT2D eigenvalue weighted by Gasteiger charge is 2.12. The van der Waals surface area contributed by atoms with E-state index in [4.69, 9.17) is 0 Å². The normalized spacial score (nSPS) is 12.6. The number of halogens is 1. The van der Waals surface area contributed by atoms with Gasteiger partial charge in [0.2, 0.25) is 0 Å². The molecule has 102 valence electrons. The van der Waals surface area contributed by atoms with E-state index in [9.17, 15) is 0 Å². The summed E-state index contributed by atoms with van der Waals surface area (Å²) in [4.78, 5) is 0. The maximum absolute atomic E-state index is 4.47. The summed E-state index contributed by atoms with van der Waals surface area (Å²) in [7, 11) is 1.96. The number of hydrogen-bond donors (Lipinski definition) is 1. The molecular formula is C15H20BrN3. The van der Waals surface area contributed by atoms with Crippen molar-refractivity contribution in [2.24, 2.45) is 7.05 Å². The first-order valence-electron chi connectivity index (χ1n) is 6.66. The summed E-state index contributed by atoms with van der Waals surface area (Å²) in [6, 6.07) is 10.9. The van der Waals surface area contributed by atoms with E-state index in [2.05, 4.69) is 63.6 Å². The van der Waals surface area contributed by atoms with Crippen LogP contribution in [-0.2, 0) is 13.5 Å². The molecule has 0 amide bonds. The summed E-state index contributed by atoms with van der Waals surface area (Å²) in [5.41, 5.74) is 2.43. The summed E-state index contributed by atoms with van der Waals surface area (Å²) in [6.07, 6.45) is 4.05. The van der Waals surface area contributed by atoms with Crippen LogP contribution in [0.3, 0.4) is 0 Å². The van der Waals surface area contributed by atoms with Crippen molar-refractivity contribution in [3.63, 3.8) is 0 Å². The third-order valence-corrected chi connectivity index (χ3v) is 3.62. The van der Waals surface area contributed by atoms with Gasteiger partial charge < -0.3 is 5.32 Å². The van der Waals surface area contributed by atoms with Crippen LogP contribution in [0.1, 0.15) is 30.6 Å². The molecule has 1 aromatic carbocycles. The summed E-state index contributed by atoms with van der Waals surface area (Å²) in [5, 5.41) is 8.07. The minimum atomic E-state index is 0.322. The van der Waals surface area contributed by atoms with E-state index in [0.29, 0.717) is 6.04 Å². The van der Waals surface area contributed by atoms with Crippen LogP contribution in [-0.4, -0.2) is 16.3 Å². The second-order valence-corrected chi connectivity index (χ2v) is 5.66. The molecule has 3 nitrogen and oxygen atoms in total. The molecule has 2 rings (SSSR count). The molecule has 0 bridgehead atoms. The number of nitrogens with one attached hydrogen (secondary N) is 1. The molecule has 4 heteroatoms. The summed E-state index contributed by atoms with van der Waals surface area (Å²) < 4.78 is 2.97. The zero-order valence-electron chi connectivity index (χ0n) is 11.4. The molecule has 1 atom stereocenters. The van der Waals surface area contributed by atoms with Crippen LogP contribution < -0.4 is 5.32 Å². The van der Waals surface area contributed by atoms with Crippen LogP contribution >= 0.6 is 15.9 Å². The molecule has 19 heavy (non-hydrogen) atoms. The monoisotopic (exact) mass is 321 g/mol. The van der Waals surface area contributed by atoms with Crippen LogP contribution in [0.15, 0.2) is 41.0 Å². The van der Waals surface area contributed by atoms with Crippen molar-refractivity contribution < 1.29 is 0 Å². The average Bonchev–Trinajstić information content (AvgIpc) is 2.81. The lowest BCUT2D eigenvalue weighted by Crippen LogP contribution is -2.24. The predicted molar refractivity (Wildman–Crippen MR) is 82.1 cm³/mol. The zero-order chi connectivity index (χ0) is 13.7. The van der Waals surface area contributed by atoms with E-state index in [1.54, 1.807) is 0 Å². The highest BCUT2D eigenvalue weighted by atomic mass is 79.9. The fourth-order valence-electron chi connectivity index (χ4n) is 2.10. The van der Waals surface area contributed by atoms with Crippen molar-refractivity contribution in [1.29, 1.82) is 0 Å². The lowest BCUT2D eigenvalue weighted by molar-refractivity contribution is 0.521. The summed E-state index contributed by atoms with van der Waals surface area (Å²) >= 11 is 3.48. The fourth-order valence-corrected chi connectivity index (χ4v) is 2.37. The SMILES string of the molecule is CCCNC(Cc1ccn(C)n1)c1ccc(Br)cc1. The summed E-state index contributed by atoms with van der Waals surface area (Å²) in [5.74, 6) is 0. The van der Waals surface area contributed by atoms with Crippen molar-refractivity contribution in [1.82, 2.24) is 15.1 Å². The van der Waals surface area contributed by atoms with Crippen LogP contribution in [0.5, 0.6) is 0 Å². The van der Waals surface area contributed by atoms with Gasteiger partial charge in [-0.15, -0.1) is 0 Å². The molecule has 0 aliphatic rings. The first kappa shape index (κ1) is 14.3. The van der Waals surface area contributed by atoms with Crippen LogP contribution in [0.4, 0.5) is 0 Å². The van der Waals surface area contributed by atoms with Crippen molar-refractivity contribution >= 4 is 15.9 Å². The average molecular weight is 322 g/mol. The molecule has 1 heterocycles. The number of hydrogen-bond acceptors (Lipinski definition) is 2. The number of aryl methyl sites for hydroxylation is 1. The molecule has 1 aromatic heterocycles. The van der Waals surface area contributed by atoms with Gasteiger partial charge in [0.1, 0.15) is 0 Å². The van der Waals surface area contributed by atoms with E-state index in [1.807, 2.05) is 17.9 Å². The van der Waals surface area contributed by atoms with E-state index in [0.717, 1.165) is 29.6 Å². The van der Waals surface area contributed by atoms with E-state index < -0.39 is 0 Å². The van der Waals surface area contributed by atoms with Gasteiger partial charge in [-0.2, -0.15) is 5.10 Å². The maximum atomic E-state index is 4.47. The Labute approximate surface area is 123 Å². The molecular weight excluding hydrogens is 302 g/mol. The predicted octanol–water partition coefficient (Wildman–Crippen LogP) is 3.47. The molecule has 0 radical (unpaired) electrons. The Balaban J connectivity index is 2.13. The Bertz CT molecular complexity index is 504. The van der Waals surface area contributed by atoms with Gasteiger partial charge in [0.15, 0.2) is 0 Å². The molecule has 0 saturated heterocycles. The van der Waals surface area contributed by atoms with Gasteiger partial charge in [0.05, 0.1) is 5.69 Å². The quantitative estimate of drug-likeness (QED) is 0.883. The van der Waals surface area contributed by atoms with E-state index >= 15 is 0 Å². The topological polar surface area (TPSA) is 29.9 Å². The zero-order valence-corrected chi connectivity index (χ0v) is 13.0. The third kappa shape index (κ3) is 4.18. The third-order valence-electron chi connectivity index (χ3n) is 3.10. The van der Waals surface area contributed by atoms with Gasteiger partial charge in [-0.25, -0.2) is 0 Å². The Hall–Kier alpha value is -1.13. The minimum absolute atomic E-state index is 0.322. The highest BCUT2D eigenvalue weighted by Crippen LogP contribution is 2.20. The second-order valence-electron chi connectivity index (χ2n) is 4.74. The highest BCUT2D eigenvalue weighted by molar-refractivity contribution is 9.10. The number of nitrogens with zero attached hydrogens (tertiary/aromatic N) is 2. The molecule has 0 spiro atoms. The van der Waals surface area contributed by atoms with Gasteiger partial charge >= 0.3 is 0 Å². The second kappa shape index (κ2) is 6.87. The Kier molecular flexibility index (Phi) is 5.16. The van der Waals surface area contributed by atoms with Gasteiger partial charge in [-0.05, 0) is 36.7 Å². The smallest absolute Gasteiger partial charge is 0.0643 e. The molecule has 1 N–H and O–H groups in total. The molecule has 0 aliphatic carbocycles. The van der Waals surface area contributed by atoms with Crippen molar-refractivity contribution in [3.8, 4) is 0 Å². The largest absolute Gasteiger partial charge is 0.310 e. The van der Waals surface area contributed by atoms with Gasteiger partial charge in [-0.3, -0.25) is 4.68 Å². The molecule has 0 saturated carbocycles. The number of benzene rings is 1. The molecule has 1 unspecified atom stereocenters. The molecule has 2 aromatic rings. The Morgan fingerprint density at radius 1 is 1.26 bits per heavy atom. The van der Waals surface area contributed by atoms with Gasteiger partial charge in [0.25, 0.3) is 0 Å². The van der Waals surface area contributed by atoms with Crippen LogP contribution in [0.25, 0.3) is 0 Å². The van der Waals surface area contributed by atoms with Crippen molar-refractivity contribution in [3.05, 3.63) is 52.3 Å². The van der Waals surface area contributed by atoms with Gasteiger partial charge in [-0.1, -0.05) is 35.0 Å². The standard InChI is InChI=1S/C15H20BrN3/c1-3-9-17-15(11-14-8-10-19(2)18-14)12-4-6-13(16)7-5-12/h4-8,10,15,17H,3,9,11H2,1-2H3. The molecule has 0 aliphatic heterocycles. The lowest BCUT2D eigenvalue weighted by atomic mass is 10.0. The van der Waals surface area contributed by atoms with Gasteiger partial charge in [0, 0.05) is 30.2 Å².